The number of nitrogens with one attached hydrogen (secondary N) is 1. The van der Waals surface area contributed by atoms with Crippen LogP contribution in [0.1, 0.15) is 26.3 Å². The Morgan fingerprint density at radius 1 is 1.03 bits per heavy atom. The SMILES string of the molecule is COc1ccc(CN(C(=O)COc2ccc([N+](=O)[O-])c(OC)c2)[C@H](C)C(=O)NC(C)C)cc1. The summed E-state index contributed by atoms with van der Waals surface area (Å²) in [5.74, 6) is 0.218. The molecule has 0 aliphatic carbocycles. The highest BCUT2D eigenvalue weighted by Crippen LogP contribution is 2.30. The first-order valence-electron chi connectivity index (χ1n) is 10.3. The number of carbonyl (C=O) groups is 2. The van der Waals surface area contributed by atoms with Gasteiger partial charge in [0.15, 0.2) is 6.61 Å². The molecule has 33 heavy (non-hydrogen) atoms. The molecule has 0 radical (unpaired) electrons. The number of benzene rings is 2. The van der Waals surface area contributed by atoms with Crippen LogP contribution >= 0.6 is 0 Å². The Morgan fingerprint density at radius 2 is 1.67 bits per heavy atom. The summed E-state index contributed by atoms with van der Waals surface area (Å²) in [5.41, 5.74) is 0.599. The number of nitrogens with zero attached hydrogens (tertiary/aromatic N) is 2. The number of rotatable bonds is 11. The van der Waals surface area contributed by atoms with E-state index in [2.05, 4.69) is 5.32 Å². The van der Waals surface area contributed by atoms with Gasteiger partial charge in [-0.2, -0.15) is 0 Å². The molecule has 0 heterocycles. The van der Waals surface area contributed by atoms with Gasteiger partial charge in [0.25, 0.3) is 5.91 Å². The quantitative estimate of drug-likeness (QED) is 0.405. The smallest absolute Gasteiger partial charge is 0.311 e. The molecule has 0 aromatic heterocycles. The fraction of sp³-hybridized carbons (Fsp3) is 0.391. The minimum absolute atomic E-state index is 0.0183. The maximum Gasteiger partial charge on any atom is 0.311 e. The van der Waals surface area contributed by atoms with Crippen molar-refractivity contribution in [3.63, 3.8) is 0 Å². The summed E-state index contributed by atoms with van der Waals surface area (Å²) in [4.78, 5) is 37.6. The molecule has 1 atom stereocenters. The summed E-state index contributed by atoms with van der Waals surface area (Å²) in [6, 6.07) is 10.3. The van der Waals surface area contributed by atoms with E-state index in [4.69, 9.17) is 14.2 Å². The second-order valence-corrected chi connectivity index (χ2v) is 7.59. The minimum atomic E-state index is -0.753. The monoisotopic (exact) mass is 459 g/mol. The van der Waals surface area contributed by atoms with Crippen molar-refractivity contribution in [2.45, 2.75) is 39.4 Å². The van der Waals surface area contributed by atoms with E-state index in [0.29, 0.717) is 5.75 Å². The Kier molecular flexibility index (Phi) is 9.02. The zero-order chi connectivity index (χ0) is 24.5. The molecule has 0 aliphatic rings. The Balaban J connectivity index is 2.19. The molecule has 0 saturated heterocycles. The summed E-state index contributed by atoms with van der Waals surface area (Å²) in [5, 5.41) is 13.9. The molecule has 0 saturated carbocycles. The van der Waals surface area contributed by atoms with Gasteiger partial charge in [-0.25, -0.2) is 0 Å². The lowest BCUT2D eigenvalue weighted by molar-refractivity contribution is -0.385. The largest absolute Gasteiger partial charge is 0.497 e. The number of hydrogen-bond donors (Lipinski definition) is 1. The Labute approximate surface area is 192 Å². The summed E-state index contributed by atoms with van der Waals surface area (Å²) < 4.78 is 15.8. The minimum Gasteiger partial charge on any atom is -0.497 e. The zero-order valence-corrected chi connectivity index (χ0v) is 19.4. The third-order valence-corrected chi connectivity index (χ3v) is 4.82. The number of amides is 2. The molecular weight excluding hydrogens is 430 g/mol. The van der Waals surface area contributed by atoms with Crippen LogP contribution in [-0.4, -0.2) is 54.5 Å². The highest BCUT2D eigenvalue weighted by molar-refractivity contribution is 5.88. The van der Waals surface area contributed by atoms with E-state index in [1.54, 1.807) is 26.2 Å². The molecular formula is C23H29N3O7. The van der Waals surface area contributed by atoms with Crippen molar-refractivity contribution >= 4 is 17.5 Å². The van der Waals surface area contributed by atoms with Crippen LogP contribution in [-0.2, 0) is 16.1 Å². The molecule has 2 rings (SSSR count). The second-order valence-electron chi connectivity index (χ2n) is 7.59. The fourth-order valence-corrected chi connectivity index (χ4v) is 3.04. The Morgan fingerprint density at radius 3 is 2.21 bits per heavy atom. The fourth-order valence-electron chi connectivity index (χ4n) is 3.04. The van der Waals surface area contributed by atoms with Gasteiger partial charge in [-0.3, -0.25) is 19.7 Å². The predicted molar refractivity (Wildman–Crippen MR) is 121 cm³/mol. The van der Waals surface area contributed by atoms with Crippen LogP contribution in [0.3, 0.4) is 0 Å². The predicted octanol–water partition coefficient (Wildman–Crippen LogP) is 2.93. The number of methoxy groups -OCH3 is 2. The van der Waals surface area contributed by atoms with Gasteiger partial charge in [0.05, 0.1) is 19.1 Å². The normalized spacial score (nSPS) is 11.5. The van der Waals surface area contributed by atoms with Gasteiger partial charge in [0.2, 0.25) is 11.7 Å². The lowest BCUT2D eigenvalue weighted by Crippen LogP contribution is -2.50. The van der Waals surface area contributed by atoms with E-state index in [1.165, 1.54) is 30.2 Å². The molecule has 2 aromatic carbocycles. The number of carbonyl (C=O) groups excluding carboxylic acids is 2. The standard InChI is InChI=1S/C23H29N3O7/c1-15(2)24-23(28)16(3)25(13-17-6-8-18(31-4)9-7-17)22(27)14-33-19-10-11-20(26(29)30)21(12-19)32-5/h6-12,15-16H,13-14H2,1-5H3,(H,24,28)/t16-/m1/s1. The average molecular weight is 459 g/mol. The molecule has 2 amide bonds. The van der Waals surface area contributed by atoms with Gasteiger partial charge in [-0.1, -0.05) is 12.1 Å². The van der Waals surface area contributed by atoms with Crippen molar-refractivity contribution in [3.8, 4) is 17.2 Å². The average Bonchev–Trinajstić information content (AvgIpc) is 2.80. The third kappa shape index (κ3) is 7.09. The van der Waals surface area contributed by atoms with Gasteiger partial charge in [0, 0.05) is 24.7 Å². The van der Waals surface area contributed by atoms with Crippen LogP contribution in [0.2, 0.25) is 0 Å². The van der Waals surface area contributed by atoms with Crippen molar-refractivity contribution in [1.29, 1.82) is 0 Å². The molecule has 178 valence electrons. The van der Waals surface area contributed by atoms with E-state index >= 15 is 0 Å². The van der Waals surface area contributed by atoms with Gasteiger partial charge >= 0.3 is 5.69 Å². The summed E-state index contributed by atoms with van der Waals surface area (Å²) in [6.07, 6.45) is 0. The lowest BCUT2D eigenvalue weighted by Gasteiger charge is -2.29. The topological polar surface area (TPSA) is 120 Å². The van der Waals surface area contributed by atoms with E-state index in [-0.39, 0.29) is 42.3 Å². The molecule has 10 nitrogen and oxygen atoms in total. The van der Waals surface area contributed by atoms with Gasteiger partial charge < -0.3 is 24.4 Å². The lowest BCUT2D eigenvalue weighted by atomic mass is 10.1. The summed E-state index contributed by atoms with van der Waals surface area (Å²) >= 11 is 0. The third-order valence-electron chi connectivity index (χ3n) is 4.82. The highest BCUT2D eigenvalue weighted by atomic mass is 16.6. The van der Waals surface area contributed by atoms with Crippen LogP contribution in [0.4, 0.5) is 5.69 Å². The molecule has 1 N–H and O–H groups in total. The number of ether oxygens (including phenoxy) is 3. The van der Waals surface area contributed by atoms with Crippen LogP contribution in [0.5, 0.6) is 17.2 Å². The molecule has 0 aliphatic heterocycles. The molecule has 2 aromatic rings. The molecule has 0 fully saturated rings. The molecule has 0 bridgehead atoms. The van der Waals surface area contributed by atoms with Crippen LogP contribution in [0.15, 0.2) is 42.5 Å². The maximum atomic E-state index is 13.1. The van der Waals surface area contributed by atoms with Gasteiger partial charge in [-0.05, 0) is 44.5 Å². The Hall–Kier alpha value is -3.82. The van der Waals surface area contributed by atoms with Crippen molar-refractivity contribution in [3.05, 3.63) is 58.1 Å². The number of nitro benzene ring substituents is 1. The molecule has 10 heteroatoms. The summed E-state index contributed by atoms with van der Waals surface area (Å²) in [6.45, 7) is 5.14. The zero-order valence-electron chi connectivity index (χ0n) is 19.4. The van der Waals surface area contributed by atoms with E-state index in [9.17, 15) is 19.7 Å². The molecule has 0 spiro atoms. The van der Waals surface area contributed by atoms with Crippen molar-refractivity contribution < 1.29 is 28.7 Å². The summed E-state index contributed by atoms with van der Waals surface area (Å²) in [7, 11) is 2.87. The Bertz CT molecular complexity index is 977. The maximum absolute atomic E-state index is 13.1. The first-order valence-corrected chi connectivity index (χ1v) is 10.3. The van der Waals surface area contributed by atoms with E-state index in [1.807, 2.05) is 26.0 Å². The second kappa shape index (κ2) is 11.7. The van der Waals surface area contributed by atoms with E-state index < -0.39 is 16.9 Å². The van der Waals surface area contributed by atoms with Gasteiger partial charge in [-0.15, -0.1) is 0 Å². The first-order chi connectivity index (χ1) is 15.7. The van der Waals surface area contributed by atoms with E-state index in [0.717, 1.165) is 5.56 Å². The van der Waals surface area contributed by atoms with Crippen molar-refractivity contribution in [2.24, 2.45) is 0 Å². The van der Waals surface area contributed by atoms with Crippen LogP contribution < -0.4 is 19.5 Å². The molecule has 0 unspecified atom stereocenters. The number of hydrogen-bond acceptors (Lipinski definition) is 7. The first kappa shape index (κ1) is 25.4. The van der Waals surface area contributed by atoms with Crippen LogP contribution in [0.25, 0.3) is 0 Å². The van der Waals surface area contributed by atoms with Gasteiger partial charge in [0.1, 0.15) is 17.5 Å². The van der Waals surface area contributed by atoms with Crippen molar-refractivity contribution in [2.75, 3.05) is 20.8 Å². The highest BCUT2D eigenvalue weighted by Gasteiger charge is 2.27. The van der Waals surface area contributed by atoms with Crippen molar-refractivity contribution in [1.82, 2.24) is 10.2 Å². The number of nitro groups is 1. The van der Waals surface area contributed by atoms with Crippen LogP contribution in [0, 0.1) is 10.1 Å².